The predicted octanol–water partition coefficient (Wildman–Crippen LogP) is 3.55. The molecule has 1 atom stereocenters. The van der Waals surface area contributed by atoms with Crippen molar-refractivity contribution in [1.29, 1.82) is 0 Å². The summed E-state index contributed by atoms with van der Waals surface area (Å²) in [5.74, 6) is 3.49. The second kappa shape index (κ2) is 11.0. The van der Waals surface area contributed by atoms with Crippen LogP contribution in [0.1, 0.15) is 51.2 Å². The lowest BCUT2D eigenvalue weighted by atomic mass is 10.2. The number of nitrogens with zero attached hydrogens (tertiary/aromatic N) is 2. The zero-order valence-electron chi connectivity index (χ0n) is 15.5. The molecular weight excluding hydrogens is 415 g/mol. The lowest BCUT2D eigenvalue weighted by Crippen LogP contribution is -2.42. The molecule has 1 aromatic rings. The van der Waals surface area contributed by atoms with Crippen molar-refractivity contribution in [2.75, 3.05) is 32.7 Å². The van der Waals surface area contributed by atoms with Crippen molar-refractivity contribution in [3.8, 4) is 0 Å². The van der Waals surface area contributed by atoms with Gasteiger partial charge in [-0.25, -0.2) is 0 Å². The van der Waals surface area contributed by atoms with Crippen LogP contribution in [-0.2, 0) is 0 Å². The number of rotatable bonds is 7. The third-order valence-corrected chi connectivity index (χ3v) is 4.09. The van der Waals surface area contributed by atoms with Crippen LogP contribution in [0.5, 0.6) is 0 Å². The fourth-order valence-corrected chi connectivity index (χ4v) is 2.90. The molecule has 1 aromatic heterocycles. The van der Waals surface area contributed by atoms with Crippen LogP contribution in [0.2, 0.25) is 0 Å². The molecule has 6 heteroatoms. The normalized spacial score (nSPS) is 17.0. The van der Waals surface area contributed by atoms with Crippen molar-refractivity contribution in [3.05, 3.63) is 23.7 Å². The molecule has 2 heterocycles. The van der Waals surface area contributed by atoms with Gasteiger partial charge in [-0.15, -0.1) is 24.0 Å². The largest absolute Gasteiger partial charge is 0.465 e. The lowest BCUT2D eigenvalue weighted by molar-refractivity contribution is 0.213. The van der Waals surface area contributed by atoms with Gasteiger partial charge in [-0.05, 0) is 57.8 Å². The first-order valence-corrected chi connectivity index (χ1v) is 8.92. The Hall–Kier alpha value is -0.760. The molecule has 0 amide bonds. The Bertz CT molecular complexity index is 495. The van der Waals surface area contributed by atoms with E-state index >= 15 is 0 Å². The molecule has 0 aliphatic carbocycles. The molecule has 0 saturated carbocycles. The van der Waals surface area contributed by atoms with E-state index in [2.05, 4.69) is 53.4 Å². The lowest BCUT2D eigenvalue weighted by Gasteiger charge is -2.27. The van der Waals surface area contributed by atoms with Gasteiger partial charge in [0.2, 0.25) is 0 Å². The molecule has 0 bridgehead atoms. The standard InChI is InChI=1S/C18H32N4O.HI/c1-5-19-18(20-12-14(2)3)21-13-16(22-10-6-7-11-22)17-9-8-15(4)23-17;/h8-9,14,16H,5-7,10-13H2,1-4H3,(H2,19,20,21);1H. The summed E-state index contributed by atoms with van der Waals surface area (Å²) in [7, 11) is 0. The van der Waals surface area contributed by atoms with Crippen LogP contribution in [0, 0.1) is 12.8 Å². The first-order chi connectivity index (χ1) is 11.1. The molecule has 2 rings (SSSR count). The monoisotopic (exact) mass is 448 g/mol. The highest BCUT2D eigenvalue weighted by atomic mass is 127. The van der Waals surface area contributed by atoms with E-state index in [1.54, 1.807) is 0 Å². The van der Waals surface area contributed by atoms with Crippen LogP contribution >= 0.6 is 24.0 Å². The maximum Gasteiger partial charge on any atom is 0.191 e. The van der Waals surface area contributed by atoms with Crippen LogP contribution in [0.3, 0.4) is 0 Å². The SMILES string of the molecule is CCNC(=NCC(C)C)NCC(c1ccc(C)o1)N1CCCC1.I. The molecule has 1 saturated heterocycles. The highest BCUT2D eigenvalue weighted by Crippen LogP contribution is 2.26. The van der Waals surface area contributed by atoms with Crippen molar-refractivity contribution in [2.45, 2.75) is 46.6 Å². The van der Waals surface area contributed by atoms with Crippen molar-refractivity contribution in [2.24, 2.45) is 10.9 Å². The van der Waals surface area contributed by atoms with Gasteiger partial charge < -0.3 is 15.1 Å². The zero-order valence-corrected chi connectivity index (χ0v) is 17.8. The average molecular weight is 448 g/mol. The molecular formula is C18H33IN4O. The summed E-state index contributed by atoms with van der Waals surface area (Å²) in [5.41, 5.74) is 0. The summed E-state index contributed by atoms with van der Waals surface area (Å²) in [6.07, 6.45) is 2.55. The third kappa shape index (κ3) is 6.63. The van der Waals surface area contributed by atoms with Gasteiger partial charge in [0.05, 0.1) is 6.04 Å². The molecule has 5 nitrogen and oxygen atoms in total. The van der Waals surface area contributed by atoms with E-state index in [1.807, 2.05) is 6.92 Å². The van der Waals surface area contributed by atoms with E-state index in [0.29, 0.717) is 5.92 Å². The zero-order chi connectivity index (χ0) is 16.7. The van der Waals surface area contributed by atoms with E-state index in [-0.39, 0.29) is 30.0 Å². The molecule has 24 heavy (non-hydrogen) atoms. The molecule has 138 valence electrons. The molecule has 0 aromatic carbocycles. The molecule has 1 aliphatic heterocycles. The van der Waals surface area contributed by atoms with Crippen LogP contribution in [-0.4, -0.2) is 43.6 Å². The van der Waals surface area contributed by atoms with Crippen LogP contribution in [0.15, 0.2) is 21.5 Å². The summed E-state index contributed by atoms with van der Waals surface area (Å²) >= 11 is 0. The molecule has 0 radical (unpaired) electrons. The van der Waals surface area contributed by atoms with Gasteiger partial charge in [-0.3, -0.25) is 9.89 Å². The Morgan fingerprint density at radius 2 is 1.96 bits per heavy atom. The second-order valence-electron chi connectivity index (χ2n) is 6.70. The minimum Gasteiger partial charge on any atom is -0.465 e. The number of aryl methyl sites for hydroxylation is 1. The number of aliphatic imine (C=N–C) groups is 1. The maximum atomic E-state index is 5.91. The maximum absolute atomic E-state index is 5.91. The van der Waals surface area contributed by atoms with Crippen LogP contribution < -0.4 is 10.6 Å². The molecule has 1 aliphatic rings. The summed E-state index contributed by atoms with van der Waals surface area (Å²) < 4.78 is 5.91. The molecule has 1 fully saturated rings. The smallest absolute Gasteiger partial charge is 0.191 e. The Morgan fingerprint density at radius 1 is 1.25 bits per heavy atom. The topological polar surface area (TPSA) is 52.8 Å². The first-order valence-electron chi connectivity index (χ1n) is 8.92. The fourth-order valence-electron chi connectivity index (χ4n) is 2.90. The summed E-state index contributed by atoms with van der Waals surface area (Å²) in [4.78, 5) is 7.17. The van der Waals surface area contributed by atoms with Crippen LogP contribution in [0.25, 0.3) is 0 Å². The number of halogens is 1. The van der Waals surface area contributed by atoms with E-state index in [1.165, 1.54) is 12.8 Å². The van der Waals surface area contributed by atoms with Crippen LogP contribution in [0.4, 0.5) is 0 Å². The van der Waals surface area contributed by atoms with Gasteiger partial charge in [0.1, 0.15) is 11.5 Å². The average Bonchev–Trinajstić information content (AvgIpc) is 3.17. The number of hydrogen-bond acceptors (Lipinski definition) is 3. The highest BCUT2D eigenvalue weighted by Gasteiger charge is 2.26. The number of nitrogens with one attached hydrogen (secondary N) is 2. The number of hydrogen-bond donors (Lipinski definition) is 2. The Morgan fingerprint density at radius 3 is 2.50 bits per heavy atom. The van der Waals surface area contributed by atoms with Crippen molar-refractivity contribution in [1.82, 2.24) is 15.5 Å². The van der Waals surface area contributed by atoms with Crippen molar-refractivity contribution in [3.63, 3.8) is 0 Å². The van der Waals surface area contributed by atoms with Crippen molar-refractivity contribution >= 4 is 29.9 Å². The Labute approximate surface area is 163 Å². The minimum absolute atomic E-state index is 0. The van der Waals surface area contributed by atoms with Gasteiger partial charge in [0, 0.05) is 19.6 Å². The number of guanidine groups is 1. The second-order valence-corrected chi connectivity index (χ2v) is 6.70. The highest BCUT2D eigenvalue weighted by molar-refractivity contribution is 14.0. The predicted molar refractivity (Wildman–Crippen MR) is 111 cm³/mol. The van der Waals surface area contributed by atoms with Crippen molar-refractivity contribution < 1.29 is 4.42 Å². The Kier molecular flexibility index (Phi) is 9.73. The minimum atomic E-state index is 0. The summed E-state index contributed by atoms with van der Waals surface area (Å²) in [6, 6.07) is 4.43. The fraction of sp³-hybridized carbons (Fsp3) is 0.722. The summed E-state index contributed by atoms with van der Waals surface area (Å²) in [5, 5.41) is 6.83. The molecule has 2 N–H and O–H groups in total. The van der Waals surface area contributed by atoms with E-state index < -0.39 is 0 Å². The van der Waals surface area contributed by atoms with Gasteiger partial charge in [-0.2, -0.15) is 0 Å². The number of likely N-dealkylation sites (tertiary alicyclic amines) is 1. The third-order valence-electron chi connectivity index (χ3n) is 4.09. The van der Waals surface area contributed by atoms with Gasteiger partial charge >= 0.3 is 0 Å². The molecule has 1 unspecified atom stereocenters. The first kappa shape index (κ1) is 21.3. The van der Waals surface area contributed by atoms with Gasteiger partial charge in [-0.1, -0.05) is 13.8 Å². The van der Waals surface area contributed by atoms with E-state index in [0.717, 1.165) is 50.2 Å². The molecule has 0 spiro atoms. The van der Waals surface area contributed by atoms with Gasteiger partial charge in [0.25, 0.3) is 0 Å². The Balaban J connectivity index is 0.00000288. The quantitative estimate of drug-likeness (QED) is 0.381. The van der Waals surface area contributed by atoms with E-state index in [9.17, 15) is 0 Å². The summed E-state index contributed by atoms with van der Waals surface area (Å²) in [6.45, 7) is 13.3. The van der Waals surface area contributed by atoms with Gasteiger partial charge in [0.15, 0.2) is 5.96 Å². The number of furan rings is 1. The van der Waals surface area contributed by atoms with E-state index in [4.69, 9.17) is 4.42 Å².